The Balaban J connectivity index is 1.75. The summed E-state index contributed by atoms with van der Waals surface area (Å²) in [6.45, 7) is 0. The molecule has 3 aromatic rings. The van der Waals surface area contributed by atoms with E-state index in [0.29, 0.717) is 0 Å². The lowest BCUT2D eigenvalue weighted by atomic mass is 10.0. The number of carboxylic acid groups (broad SMARTS) is 1. The van der Waals surface area contributed by atoms with Gasteiger partial charge < -0.3 is 10.1 Å². The van der Waals surface area contributed by atoms with Gasteiger partial charge in [-0.05, 0) is 30.2 Å². The van der Waals surface area contributed by atoms with Crippen molar-refractivity contribution in [2.45, 2.75) is 32.1 Å². The van der Waals surface area contributed by atoms with Gasteiger partial charge in [-0.1, -0.05) is 42.8 Å². The average Bonchev–Trinajstić information content (AvgIpc) is 2.90. The SMILES string of the molecule is O=C(O)CCCCCc1c[nH]c2c1ccc1ccccc12. The molecule has 1 heterocycles. The number of H-pyrrole nitrogens is 1. The number of aryl methyl sites for hydroxylation is 1. The number of aromatic amines is 1. The zero-order valence-electron chi connectivity index (χ0n) is 11.9. The fraction of sp³-hybridized carbons (Fsp3) is 0.278. The number of fused-ring (bicyclic) bond motifs is 3. The summed E-state index contributed by atoms with van der Waals surface area (Å²) in [7, 11) is 0. The third kappa shape index (κ3) is 2.92. The maximum atomic E-state index is 10.5. The minimum absolute atomic E-state index is 0.276. The molecule has 2 N–H and O–H groups in total. The monoisotopic (exact) mass is 281 g/mol. The molecule has 0 saturated carbocycles. The highest BCUT2D eigenvalue weighted by Crippen LogP contribution is 2.27. The van der Waals surface area contributed by atoms with Gasteiger partial charge in [-0.25, -0.2) is 0 Å². The second kappa shape index (κ2) is 6.00. The molecular weight excluding hydrogens is 262 g/mol. The number of unbranched alkanes of at least 4 members (excludes halogenated alkanes) is 2. The Bertz CT molecular complexity index is 773. The maximum absolute atomic E-state index is 10.5. The second-order valence-electron chi connectivity index (χ2n) is 5.48. The number of hydrogen-bond acceptors (Lipinski definition) is 1. The molecule has 0 bridgehead atoms. The number of hydrogen-bond donors (Lipinski definition) is 2. The molecule has 1 aromatic heterocycles. The van der Waals surface area contributed by atoms with Gasteiger partial charge in [0.15, 0.2) is 0 Å². The Hall–Kier alpha value is -2.29. The number of carbonyl (C=O) groups is 1. The zero-order chi connectivity index (χ0) is 14.7. The quantitative estimate of drug-likeness (QED) is 0.653. The minimum atomic E-state index is -0.700. The third-order valence-electron chi connectivity index (χ3n) is 4.00. The number of aliphatic carboxylic acids is 1. The summed E-state index contributed by atoms with van der Waals surface area (Å²) in [5.41, 5.74) is 2.53. The first-order valence-electron chi connectivity index (χ1n) is 7.45. The Morgan fingerprint density at radius 3 is 2.71 bits per heavy atom. The molecule has 0 aliphatic heterocycles. The smallest absolute Gasteiger partial charge is 0.303 e. The van der Waals surface area contributed by atoms with Crippen LogP contribution in [0, 0.1) is 0 Å². The lowest BCUT2D eigenvalue weighted by molar-refractivity contribution is -0.137. The van der Waals surface area contributed by atoms with E-state index in [1.165, 1.54) is 27.2 Å². The summed E-state index contributed by atoms with van der Waals surface area (Å²) in [5.74, 6) is -0.700. The summed E-state index contributed by atoms with van der Waals surface area (Å²) >= 11 is 0. The highest BCUT2D eigenvalue weighted by atomic mass is 16.4. The van der Waals surface area contributed by atoms with Crippen molar-refractivity contribution >= 4 is 27.6 Å². The summed E-state index contributed by atoms with van der Waals surface area (Å²) < 4.78 is 0. The normalized spacial score (nSPS) is 11.2. The van der Waals surface area contributed by atoms with Crippen molar-refractivity contribution in [2.24, 2.45) is 0 Å². The Labute approximate surface area is 123 Å². The maximum Gasteiger partial charge on any atom is 0.303 e. The summed E-state index contributed by atoms with van der Waals surface area (Å²) in [6, 6.07) is 12.7. The molecule has 0 saturated heterocycles. The number of benzene rings is 2. The van der Waals surface area contributed by atoms with E-state index in [1.807, 2.05) is 0 Å². The highest BCUT2D eigenvalue weighted by molar-refractivity contribution is 6.06. The first kappa shape index (κ1) is 13.7. The molecule has 0 amide bonds. The lowest BCUT2D eigenvalue weighted by Gasteiger charge is -2.02. The molecule has 3 heteroatoms. The fourth-order valence-corrected chi connectivity index (χ4v) is 2.91. The summed E-state index contributed by atoms with van der Waals surface area (Å²) in [4.78, 5) is 13.9. The predicted octanol–water partition coefficient (Wildman–Crippen LogP) is 4.51. The van der Waals surface area contributed by atoms with Gasteiger partial charge in [-0.3, -0.25) is 4.79 Å². The Morgan fingerprint density at radius 2 is 1.86 bits per heavy atom. The van der Waals surface area contributed by atoms with Crippen LogP contribution in [0.2, 0.25) is 0 Å². The van der Waals surface area contributed by atoms with Crippen LogP contribution in [0.5, 0.6) is 0 Å². The number of carboxylic acids is 1. The number of aromatic nitrogens is 1. The van der Waals surface area contributed by atoms with Gasteiger partial charge in [0.25, 0.3) is 0 Å². The topological polar surface area (TPSA) is 53.1 Å². The number of rotatable bonds is 6. The van der Waals surface area contributed by atoms with E-state index in [9.17, 15) is 4.79 Å². The fourth-order valence-electron chi connectivity index (χ4n) is 2.91. The van der Waals surface area contributed by atoms with Gasteiger partial charge >= 0.3 is 5.97 Å². The molecule has 0 spiro atoms. The van der Waals surface area contributed by atoms with Gasteiger partial charge in [0.05, 0.1) is 5.52 Å². The molecule has 0 aliphatic rings. The van der Waals surface area contributed by atoms with Crippen molar-refractivity contribution in [3.05, 3.63) is 48.2 Å². The van der Waals surface area contributed by atoms with E-state index in [-0.39, 0.29) is 6.42 Å². The second-order valence-corrected chi connectivity index (χ2v) is 5.48. The van der Waals surface area contributed by atoms with Crippen LogP contribution in [-0.4, -0.2) is 16.1 Å². The molecular formula is C18H19NO2. The van der Waals surface area contributed by atoms with Crippen LogP contribution in [-0.2, 0) is 11.2 Å². The van der Waals surface area contributed by atoms with Gasteiger partial charge in [0, 0.05) is 23.4 Å². The van der Waals surface area contributed by atoms with Crippen molar-refractivity contribution in [1.82, 2.24) is 4.98 Å². The molecule has 2 aromatic carbocycles. The summed E-state index contributed by atoms with van der Waals surface area (Å²) in [5, 5.41) is 12.4. The van der Waals surface area contributed by atoms with Crippen molar-refractivity contribution in [3.8, 4) is 0 Å². The van der Waals surface area contributed by atoms with Crippen LogP contribution in [0.4, 0.5) is 0 Å². The Morgan fingerprint density at radius 1 is 1.00 bits per heavy atom. The van der Waals surface area contributed by atoms with Crippen LogP contribution in [0.25, 0.3) is 21.7 Å². The van der Waals surface area contributed by atoms with Crippen LogP contribution < -0.4 is 0 Å². The molecule has 21 heavy (non-hydrogen) atoms. The van der Waals surface area contributed by atoms with E-state index in [2.05, 4.69) is 47.6 Å². The molecule has 0 unspecified atom stereocenters. The Kier molecular flexibility index (Phi) is 3.91. The highest BCUT2D eigenvalue weighted by Gasteiger charge is 2.06. The van der Waals surface area contributed by atoms with Crippen LogP contribution in [0.1, 0.15) is 31.2 Å². The van der Waals surface area contributed by atoms with E-state index in [4.69, 9.17) is 5.11 Å². The van der Waals surface area contributed by atoms with Crippen molar-refractivity contribution in [3.63, 3.8) is 0 Å². The van der Waals surface area contributed by atoms with Crippen LogP contribution in [0.15, 0.2) is 42.6 Å². The molecule has 3 nitrogen and oxygen atoms in total. The average molecular weight is 281 g/mol. The van der Waals surface area contributed by atoms with Crippen molar-refractivity contribution in [1.29, 1.82) is 0 Å². The lowest BCUT2D eigenvalue weighted by Crippen LogP contribution is -1.94. The van der Waals surface area contributed by atoms with E-state index >= 15 is 0 Å². The first-order valence-corrected chi connectivity index (χ1v) is 7.45. The largest absolute Gasteiger partial charge is 0.481 e. The molecule has 0 radical (unpaired) electrons. The van der Waals surface area contributed by atoms with Crippen molar-refractivity contribution in [2.75, 3.05) is 0 Å². The first-order chi connectivity index (χ1) is 10.3. The predicted molar refractivity (Wildman–Crippen MR) is 85.6 cm³/mol. The zero-order valence-corrected chi connectivity index (χ0v) is 11.9. The molecule has 0 atom stereocenters. The van der Waals surface area contributed by atoms with E-state index in [1.54, 1.807) is 0 Å². The molecule has 108 valence electrons. The minimum Gasteiger partial charge on any atom is -0.481 e. The van der Waals surface area contributed by atoms with Crippen LogP contribution in [0.3, 0.4) is 0 Å². The van der Waals surface area contributed by atoms with Crippen molar-refractivity contribution < 1.29 is 9.90 Å². The standard InChI is InChI=1S/C18H19NO2/c20-17(21)9-3-1-2-7-14-12-19-18-15-8-5-4-6-13(15)10-11-16(14)18/h4-6,8,10-12,19H,1-3,7,9H2,(H,20,21). The van der Waals surface area contributed by atoms with Gasteiger partial charge in [-0.2, -0.15) is 0 Å². The van der Waals surface area contributed by atoms with E-state index < -0.39 is 5.97 Å². The molecule has 0 aliphatic carbocycles. The van der Waals surface area contributed by atoms with Gasteiger partial charge in [-0.15, -0.1) is 0 Å². The third-order valence-corrected chi connectivity index (χ3v) is 4.00. The molecule has 0 fully saturated rings. The summed E-state index contributed by atoms with van der Waals surface area (Å²) in [6.07, 6.45) is 6.13. The number of nitrogens with one attached hydrogen (secondary N) is 1. The van der Waals surface area contributed by atoms with Gasteiger partial charge in [0.1, 0.15) is 0 Å². The van der Waals surface area contributed by atoms with Crippen LogP contribution >= 0.6 is 0 Å². The van der Waals surface area contributed by atoms with E-state index in [0.717, 1.165) is 25.7 Å². The molecule has 3 rings (SSSR count). The van der Waals surface area contributed by atoms with Gasteiger partial charge in [0.2, 0.25) is 0 Å².